The fourth-order valence-electron chi connectivity index (χ4n) is 4.40. The summed E-state index contributed by atoms with van der Waals surface area (Å²) in [5, 5.41) is 15.7. The van der Waals surface area contributed by atoms with Crippen molar-refractivity contribution < 1.29 is 9.18 Å². The average Bonchev–Trinajstić information content (AvgIpc) is 3.36. The third-order valence-electron chi connectivity index (χ3n) is 6.80. The second kappa shape index (κ2) is 10.1. The molecule has 5 rings (SSSR count). The first-order chi connectivity index (χ1) is 18.2. The molecule has 8 nitrogen and oxygen atoms in total. The van der Waals surface area contributed by atoms with Crippen LogP contribution in [0.2, 0.25) is 0 Å². The highest BCUT2D eigenvalue weighted by atomic mass is 19.1. The molecule has 1 aliphatic rings. The van der Waals surface area contributed by atoms with Crippen molar-refractivity contribution in [1.82, 2.24) is 15.0 Å². The molecule has 1 unspecified atom stereocenters. The van der Waals surface area contributed by atoms with E-state index in [1.54, 1.807) is 18.2 Å². The first-order valence-corrected chi connectivity index (χ1v) is 12.4. The van der Waals surface area contributed by atoms with Gasteiger partial charge >= 0.3 is 0 Å². The summed E-state index contributed by atoms with van der Waals surface area (Å²) in [6.45, 7) is 6.54. The Kier molecular flexibility index (Phi) is 6.64. The fourth-order valence-corrected chi connectivity index (χ4v) is 4.40. The van der Waals surface area contributed by atoms with Crippen LogP contribution in [-0.2, 0) is 5.41 Å². The van der Waals surface area contributed by atoms with Gasteiger partial charge in [0.2, 0.25) is 0 Å². The smallest absolute Gasteiger partial charge is 0.255 e. The van der Waals surface area contributed by atoms with Gasteiger partial charge in [-0.05, 0) is 74.7 Å². The molecular weight excluding hydrogens is 481 g/mol. The summed E-state index contributed by atoms with van der Waals surface area (Å²) < 4.78 is 13.8. The van der Waals surface area contributed by atoms with Crippen molar-refractivity contribution in [2.45, 2.75) is 38.8 Å². The van der Waals surface area contributed by atoms with Crippen molar-refractivity contribution in [3.8, 4) is 6.07 Å². The Bertz CT molecular complexity index is 1560. The molecule has 4 aromatic rings. The zero-order chi connectivity index (χ0) is 26.9. The maximum absolute atomic E-state index is 13.8. The van der Waals surface area contributed by atoms with Crippen LogP contribution < -0.4 is 15.5 Å². The Balaban J connectivity index is 1.40. The highest BCUT2D eigenvalue weighted by molar-refractivity contribution is 6.04. The molecule has 9 heteroatoms. The van der Waals surface area contributed by atoms with Crippen LogP contribution in [0.4, 0.5) is 27.4 Å². The Labute approximate surface area is 220 Å². The number of amides is 1. The third-order valence-corrected chi connectivity index (χ3v) is 6.80. The molecule has 1 fully saturated rings. The van der Waals surface area contributed by atoms with E-state index in [0.29, 0.717) is 53.4 Å². The van der Waals surface area contributed by atoms with Crippen LogP contribution in [0, 0.1) is 18.3 Å². The average molecular weight is 510 g/mol. The summed E-state index contributed by atoms with van der Waals surface area (Å²) in [6.07, 6.45) is 1.11. The molecular formula is C29H28FN7O. The first-order valence-electron chi connectivity index (χ1n) is 12.4. The monoisotopic (exact) mass is 509 g/mol. The first kappa shape index (κ1) is 25.1. The molecule has 3 heterocycles. The number of hydrogen-bond acceptors (Lipinski definition) is 7. The number of nitriles is 1. The predicted molar refractivity (Wildman–Crippen MR) is 147 cm³/mol. The van der Waals surface area contributed by atoms with Crippen molar-refractivity contribution in [3.05, 3.63) is 77.6 Å². The normalized spacial score (nSPS) is 15.3. The van der Waals surface area contributed by atoms with Crippen molar-refractivity contribution in [2.24, 2.45) is 0 Å². The van der Waals surface area contributed by atoms with Gasteiger partial charge in [-0.3, -0.25) is 4.79 Å². The lowest BCUT2D eigenvalue weighted by atomic mass is 9.85. The fraction of sp³-hybridized carbons (Fsp3) is 0.276. The van der Waals surface area contributed by atoms with Gasteiger partial charge in [-0.2, -0.15) is 5.26 Å². The number of nitrogens with zero attached hydrogens (tertiary/aromatic N) is 5. The lowest BCUT2D eigenvalue weighted by Crippen LogP contribution is -2.21. The van der Waals surface area contributed by atoms with E-state index >= 15 is 0 Å². The molecule has 2 aromatic carbocycles. The second-order valence-corrected chi connectivity index (χ2v) is 10.0. The van der Waals surface area contributed by atoms with Gasteiger partial charge in [0.25, 0.3) is 5.91 Å². The van der Waals surface area contributed by atoms with Gasteiger partial charge < -0.3 is 15.5 Å². The summed E-state index contributed by atoms with van der Waals surface area (Å²) in [7, 11) is 0. The number of halogens is 1. The van der Waals surface area contributed by atoms with Gasteiger partial charge in [0.05, 0.1) is 23.5 Å². The van der Waals surface area contributed by atoms with Gasteiger partial charge in [0.1, 0.15) is 23.8 Å². The lowest BCUT2D eigenvalue weighted by Gasteiger charge is -2.18. The van der Waals surface area contributed by atoms with Crippen LogP contribution >= 0.6 is 0 Å². The zero-order valence-corrected chi connectivity index (χ0v) is 21.5. The summed E-state index contributed by atoms with van der Waals surface area (Å²) in [5.74, 6) is 0.937. The van der Waals surface area contributed by atoms with E-state index in [1.165, 1.54) is 6.33 Å². The van der Waals surface area contributed by atoms with Crippen molar-refractivity contribution >= 4 is 40.0 Å². The number of rotatable bonds is 6. The van der Waals surface area contributed by atoms with E-state index < -0.39 is 11.6 Å². The number of hydrogen-bond donors (Lipinski definition) is 2. The number of alkyl halides is 1. The van der Waals surface area contributed by atoms with Gasteiger partial charge in [0, 0.05) is 23.5 Å². The third kappa shape index (κ3) is 5.11. The molecule has 1 aliphatic heterocycles. The van der Waals surface area contributed by atoms with E-state index in [9.17, 15) is 14.4 Å². The van der Waals surface area contributed by atoms with Gasteiger partial charge in [-0.15, -0.1) is 0 Å². The summed E-state index contributed by atoms with van der Waals surface area (Å²) in [4.78, 5) is 28.4. The van der Waals surface area contributed by atoms with Gasteiger partial charge in [-0.1, -0.05) is 18.2 Å². The maximum atomic E-state index is 13.8. The Morgan fingerprint density at radius 3 is 2.76 bits per heavy atom. The van der Waals surface area contributed by atoms with Crippen LogP contribution in [0.5, 0.6) is 0 Å². The number of fused-ring (bicyclic) bond motifs is 1. The maximum Gasteiger partial charge on any atom is 0.255 e. The van der Waals surface area contributed by atoms with Crippen LogP contribution in [0.15, 0.2) is 60.9 Å². The minimum Gasteiger partial charge on any atom is -0.354 e. The molecule has 38 heavy (non-hydrogen) atoms. The Morgan fingerprint density at radius 1 is 1.16 bits per heavy atom. The van der Waals surface area contributed by atoms with Gasteiger partial charge in [0.15, 0.2) is 5.82 Å². The number of nitrogens with one attached hydrogen (secondary N) is 2. The number of aryl methyl sites for hydroxylation is 1. The molecule has 0 radical (unpaired) electrons. The quantitative estimate of drug-likeness (QED) is 0.344. The van der Waals surface area contributed by atoms with Crippen LogP contribution in [0.3, 0.4) is 0 Å². The highest BCUT2D eigenvalue weighted by Crippen LogP contribution is 2.29. The van der Waals surface area contributed by atoms with E-state index in [1.807, 2.05) is 62.1 Å². The molecule has 0 bridgehead atoms. The number of carbonyl (C=O) groups excluding carboxylic acids is 1. The molecule has 2 aromatic heterocycles. The number of carbonyl (C=O) groups is 1. The SMILES string of the molecule is Cc1ccc(NC(=O)c2cccc(C(C)(C)C#N)c2)cc1Nc1ncnc2ccc(N3CCC(F)C3)nc12. The molecule has 192 valence electrons. The number of benzene rings is 2. The van der Waals surface area contributed by atoms with Crippen LogP contribution in [-0.4, -0.2) is 40.1 Å². The van der Waals surface area contributed by atoms with Crippen molar-refractivity contribution in [2.75, 3.05) is 28.6 Å². The summed E-state index contributed by atoms with van der Waals surface area (Å²) in [5.41, 5.74) is 4.10. The molecule has 0 saturated carbocycles. The van der Waals surface area contributed by atoms with Gasteiger partial charge in [-0.25, -0.2) is 19.3 Å². The Morgan fingerprint density at radius 2 is 2.00 bits per heavy atom. The Hall–Kier alpha value is -4.58. The molecule has 1 atom stereocenters. The zero-order valence-electron chi connectivity index (χ0n) is 21.5. The van der Waals surface area contributed by atoms with Crippen molar-refractivity contribution in [1.29, 1.82) is 5.26 Å². The number of aromatic nitrogens is 3. The second-order valence-electron chi connectivity index (χ2n) is 10.0. The molecule has 0 spiro atoms. The lowest BCUT2D eigenvalue weighted by molar-refractivity contribution is 0.102. The summed E-state index contributed by atoms with van der Waals surface area (Å²) >= 11 is 0. The minimum absolute atomic E-state index is 0.272. The topological polar surface area (TPSA) is 107 Å². The van der Waals surface area contributed by atoms with Crippen molar-refractivity contribution in [3.63, 3.8) is 0 Å². The van der Waals surface area contributed by atoms with E-state index in [-0.39, 0.29) is 5.91 Å². The number of pyridine rings is 1. The molecule has 0 aliphatic carbocycles. The molecule has 1 saturated heterocycles. The largest absolute Gasteiger partial charge is 0.354 e. The standard InChI is InChI=1S/C29H28FN7O/c1-18-7-8-22(34-28(38)19-5-4-6-20(13-19)29(2,3)16-31)14-24(18)35-27-26-23(32-17-33-27)9-10-25(36-26)37-12-11-21(30)15-37/h4-10,13-14,17,21H,11-12,15H2,1-3H3,(H,34,38)(H,32,33,35). The molecule has 2 N–H and O–H groups in total. The summed E-state index contributed by atoms with van der Waals surface area (Å²) in [6, 6.07) is 18.6. The van der Waals surface area contributed by atoms with Crippen LogP contribution in [0.1, 0.15) is 41.8 Å². The van der Waals surface area contributed by atoms with Crippen LogP contribution in [0.25, 0.3) is 11.0 Å². The predicted octanol–water partition coefficient (Wildman–Crippen LogP) is 5.68. The minimum atomic E-state index is -0.849. The van der Waals surface area contributed by atoms with E-state index in [0.717, 1.165) is 16.8 Å². The highest BCUT2D eigenvalue weighted by Gasteiger charge is 2.24. The van der Waals surface area contributed by atoms with E-state index in [2.05, 4.69) is 26.7 Å². The van der Waals surface area contributed by atoms with E-state index in [4.69, 9.17) is 4.98 Å². The molecule has 1 amide bonds. The number of anilines is 4.